The van der Waals surface area contributed by atoms with Crippen molar-refractivity contribution in [3.05, 3.63) is 76.8 Å². The van der Waals surface area contributed by atoms with E-state index in [4.69, 9.17) is 16.3 Å². The summed E-state index contributed by atoms with van der Waals surface area (Å²) in [6.45, 7) is 1.38. The van der Waals surface area contributed by atoms with Gasteiger partial charge in [0.2, 0.25) is 0 Å². The van der Waals surface area contributed by atoms with Gasteiger partial charge >= 0.3 is 0 Å². The number of rotatable bonds is 4. The summed E-state index contributed by atoms with van der Waals surface area (Å²) in [5, 5.41) is 4.13. The van der Waals surface area contributed by atoms with Gasteiger partial charge in [0.15, 0.2) is 0 Å². The Morgan fingerprint density at radius 2 is 1.92 bits per heavy atom. The molecule has 4 heteroatoms. The van der Waals surface area contributed by atoms with Crippen LogP contribution in [0.25, 0.3) is 10.8 Å². The summed E-state index contributed by atoms with van der Waals surface area (Å²) in [5.41, 5.74) is 2.23. The van der Waals surface area contributed by atoms with Crippen LogP contribution in [0.3, 0.4) is 0 Å². The zero-order chi connectivity index (χ0) is 16.4. The average Bonchev–Trinajstić information content (AvgIpc) is 3.15. The van der Waals surface area contributed by atoms with Gasteiger partial charge in [0, 0.05) is 17.9 Å². The molecule has 1 aliphatic heterocycles. The van der Waals surface area contributed by atoms with E-state index in [-0.39, 0.29) is 0 Å². The van der Waals surface area contributed by atoms with Gasteiger partial charge in [0.25, 0.3) is 0 Å². The van der Waals surface area contributed by atoms with Crippen molar-refractivity contribution in [3.8, 4) is 5.75 Å². The Morgan fingerprint density at radius 3 is 2.75 bits per heavy atom. The quantitative estimate of drug-likeness (QED) is 0.612. The fourth-order valence-corrected chi connectivity index (χ4v) is 3.92. The third-order valence-corrected chi connectivity index (χ3v) is 5.35. The molecule has 0 atom stereocenters. The molecule has 0 N–H and O–H groups in total. The van der Waals surface area contributed by atoms with Crippen molar-refractivity contribution in [2.75, 3.05) is 12.3 Å². The molecule has 0 unspecified atom stereocenters. The lowest BCUT2D eigenvalue weighted by atomic mass is 10.1. The Kier molecular flexibility index (Phi) is 4.46. The molecule has 0 saturated carbocycles. The topological polar surface area (TPSA) is 21.6 Å². The second-order valence-electron chi connectivity index (χ2n) is 5.61. The SMILES string of the molecule is Clc1cc(C2=NCCS2)ccc1OCc1cccc2ccccc12. The molecule has 0 bridgehead atoms. The lowest BCUT2D eigenvalue weighted by Crippen LogP contribution is -1.98. The zero-order valence-corrected chi connectivity index (χ0v) is 14.6. The summed E-state index contributed by atoms with van der Waals surface area (Å²) < 4.78 is 5.97. The van der Waals surface area contributed by atoms with Crippen LogP contribution < -0.4 is 4.74 Å². The van der Waals surface area contributed by atoms with Gasteiger partial charge in [-0.15, -0.1) is 11.8 Å². The average molecular weight is 354 g/mol. The molecule has 0 aliphatic carbocycles. The highest BCUT2D eigenvalue weighted by molar-refractivity contribution is 8.14. The number of thioether (sulfide) groups is 1. The Labute approximate surface area is 150 Å². The van der Waals surface area contributed by atoms with Crippen molar-refractivity contribution >= 4 is 39.2 Å². The number of benzene rings is 3. The van der Waals surface area contributed by atoms with E-state index >= 15 is 0 Å². The number of fused-ring (bicyclic) bond motifs is 1. The highest BCUT2D eigenvalue weighted by Gasteiger charge is 2.12. The molecule has 4 rings (SSSR count). The van der Waals surface area contributed by atoms with E-state index in [0.29, 0.717) is 17.4 Å². The zero-order valence-electron chi connectivity index (χ0n) is 13.0. The first-order valence-corrected chi connectivity index (χ1v) is 9.24. The highest BCUT2D eigenvalue weighted by atomic mass is 35.5. The number of hydrogen-bond acceptors (Lipinski definition) is 3. The monoisotopic (exact) mass is 353 g/mol. The molecule has 0 amide bonds. The van der Waals surface area contributed by atoms with Gasteiger partial charge in [-0.3, -0.25) is 4.99 Å². The van der Waals surface area contributed by atoms with Gasteiger partial charge < -0.3 is 4.74 Å². The standard InChI is InChI=1S/C20H16ClNOS/c21-18-12-15(20-22-10-11-24-20)8-9-19(18)23-13-16-6-3-5-14-4-1-2-7-17(14)16/h1-9,12H,10-11,13H2. The van der Waals surface area contributed by atoms with E-state index in [9.17, 15) is 0 Å². The molecule has 120 valence electrons. The van der Waals surface area contributed by atoms with Crippen molar-refractivity contribution in [2.45, 2.75) is 6.61 Å². The van der Waals surface area contributed by atoms with E-state index in [1.807, 2.05) is 30.3 Å². The molecular weight excluding hydrogens is 338 g/mol. The molecule has 24 heavy (non-hydrogen) atoms. The minimum Gasteiger partial charge on any atom is -0.487 e. The summed E-state index contributed by atoms with van der Waals surface area (Å²) in [4.78, 5) is 4.48. The van der Waals surface area contributed by atoms with Crippen molar-refractivity contribution in [1.29, 1.82) is 0 Å². The van der Waals surface area contributed by atoms with Crippen LogP contribution >= 0.6 is 23.4 Å². The Balaban J connectivity index is 1.55. The van der Waals surface area contributed by atoms with E-state index in [2.05, 4.69) is 35.3 Å². The molecule has 1 aliphatic rings. The second-order valence-corrected chi connectivity index (χ2v) is 7.10. The van der Waals surface area contributed by atoms with E-state index in [0.717, 1.165) is 28.5 Å². The minimum absolute atomic E-state index is 0.496. The van der Waals surface area contributed by atoms with Crippen LogP contribution in [0.1, 0.15) is 11.1 Å². The van der Waals surface area contributed by atoms with Gasteiger partial charge in [-0.1, -0.05) is 54.1 Å². The van der Waals surface area contributed by atoms with E-state index < -0.39 is 0 Å². The Hall–Kier alpha value is -1.97. The van der Waals surface area contributed by atoms with Crippen LogP contribution in [0.15, 0.2) is 65.7 Å². The number of nitrogens with zero attached hydrogens (tertiary/aromatic N) is 1. The smallest absolute Gasteiger partial charge is 0.138 e. The molecule has 2 nitrogen and oxygen atoms in total. The van der Waals surface area contributed by atoms with Gasteiger partial charge in [-0.05, 0) is 34.5 Å². The third-order valence-electron chi connectivity index (χ3n) is 4.03. The predicted octanol–water partition coefficient (Wildman–Crippen LogP) is 5.57. The third kappa shape index (κ3) is 3.14. The minimum atomic E-state index is 0.496. The molecule has 1 heterocycles. The molecular formula is C20H16ClNOS. The van der Waals surface area contributed by atoms with Crippen LogP contribution in [0, 0.1) is 0 Å². The van der Waals surface area contributed by atoms with Gasteiger partial charge in [0.05, 0.1) is 10.1 Å². The number of ether oxygens (including phenoxy) is 1. The van der Waals surface area contributed by atoms with Crippen molar-refractivity contribution in [1.82, 2.24) is 0 Å². The van der Waals surface area contributed by atoms with Gasteiger partial charge in [-0.2, -0.15) is 0 Å². The van der Waals surface area contributed by atoms with Crippen LogP contribution in [-0.2, 0) is 6.61 Å². The highest BCUT2D eigenvalue weighted by Crippen LogP contribution is 2.30. The molecule has 3 aromatic carbocycles. The maximum Gasteiger partial charge on any atom is 0.138 e. The van der Waals surface area contributed by atoms with E-state index in [1.54, 1.807) is 11.8 Å². The first-order valence-electron chi connectivity index (χ1n) is 7.88. The fourth-order valence-electron chi connectivity index (χ4n) is 2.83. The maximum atomic E-state index is 6.40. The molecule has 0 radical (unpaired) electrons. The van der Waals surface area contributed by atoms with Gasteiger partial charge in [0.1, 0.15) is 12.4 Å². The predicted molar refractivity (Wildman–Crippen MR) is 104 cm³/mol. The molecule has 0 fully saturated rings. The maximum absolute atomic E-state index is 6.40. The second kappa shape index (κ2) is 6.88. The molecule has 0 saturated heterocycles. The van der Waals surface area contributed by atoms with Crippen molar-refractivity contribution < 1.29 is 4.74 Å². The number of aliphatic imine (C=N–C) groups is 1. The van der Waals surface area contributed by atoms with Crippen LogP contribution in [0.5, 0.6) is 5.75 Å². The van der Waals surface area contributed by atoms with Crippen LogP contribution in [0.4, 0.5) is 0 Å². The normalized spacial score (nSPS) is 14.0. The number of hydrogen-bond donors (Lipinski definition) is 0. The Bertz CT molecular complexity index is 917. The molecule has 3 aromatic rings. The summed E-state index contributed by atoms with van der Waals surface area (Å²) in [6.07, 6.45) is 0. The fraction of sp³-hybridized carbons (Fsp3) is 0.150. The first kappa shape index (κ1) is 15.6. The van der Waals surface area contributed by atoms with Crippen LogP contribution in [-0.4, -0.2) is 17.3 Å². The lowest BCUT2D eigenvalue weighted by Gasteiger charge is -2.11. The first-order chi connectivity index (χ1) is 11.8. The lowest BCUT2D eigenvalue weighted by molar-refractivity contribution is 0.308. The number of halogens is 1. The van der Waals surface area contributed by atoms with Crippen LogP contribution in [0.2, 0.25) is 5.02 Å². The van der Waals surface area contributed by atoms with Crippen molar-refractivity contribution in [3.63, 3.8) is 0 Å². The van der Waals surface area contributed by atoms with Gasteiger partial charge in [-0.25, -0.2) is 0 Å². The van der Waals surface area contributed by atoms with E-state index in [1.165, 1.54) is 10.8 Å². The van der Waals surface area contributed by atoms with Crippen molar-refractivity contribution in [2.24, 2.45) is 4.99 Å². The largest absolute Gasteiger partial charge is 0.487 e. The molecule has 0 spiro atoms. The Morgan fingerprint density at radius 1 is 1.04 bits per heavy atom. The summed E-state index contributed by atoms with van der Waals surface area (Å²) in [5.74, 6) is 1.75. The summed E-state index contributed by atoms with van der Waals surface area (Å²) in [7, 11) is 0. The summed E-state index contributed by atoms with van der Waals surface area (Å²) in [6, 6.07) is 20.5. The summed E-state index contributed by atoms with van der Waals surface area (Å²) >= 11 is 8.18. The molecule has 0 aromatic heterocycles.